The molecule has 0 aromatic heterocycles. The molecule has 12 heteroatoms. The van der Waals surface area contributed by atoms with Crippen LogP contribution >= 0.6 is 0 Å². The van der Waals surface area contributed by atoms with Crippen molar-refractivity contribution >= 4 is 44.7 Å². The van der Waals surface area contributed by atoms with Gasteiger partial charge in [-0.05, 0) is 60.2 Å². The molecule has 4 aromatic rings. The average Bonchev–Trinajstić information content (AvgIpc) is 3.04. The van der Waals surface area contributed by atoms with Crippen LogP contribution in [0.15, 0.2) is 72.8 Å². The molecule has 0 saturated carbocycles. The van der Waals surface area contributed by atoms with E-state index in [1.165, 1.54) is 24.3 Å². The van der Waals surface area contributed by atoms with Crippen LogP contribution in [0.25, 0.3) is 21.9 Å². The molecule has 4 aromatic carbocycles. The van der Waals surface area contributed by atoms with Gasteiger partial charge in [0.1, 0.15) is 17.2 Å². The van der Waals surface area contributed by atoms with Gasteiger partial charge in [0.05, 0.1) is 13.2 Å². The summed E-state index contributed by atoms with van der Waals surface area (Å²) in [6.45, 7) is 4.93. The van der Waals surface area contributed by atoms with Crippen LogP contribution in [-0.2, 0) is 10.1 Å². The number of anilines is 2. The second-order valence-electron chi connectivity index (χ2n) is 11.6. The normalized spacial score (nSPS) is 12.8. The van der Waals surface area contributed by atoms with Crippen molar-refractivity contribution in [2.75, 3.05) is 23.7 Å². The lowest BCUT2D eigenvalue weighted by atomic mass is 9.65. The number of hydrogen-bond donors (Lipinski definition) is 2. The molecule has 5 rings (SSSR count). The van der Waals surface area contributed by atoms with E-state index in [1.807, 2.05) is 36.4 Å². The number of halogens is 3. The maximum atomic E-state index is 12.9. The summed E-state index contributed by atoms with van der Waals surface area (Å²) in [4.78, 5) is 0. The minimum absolute atomic E-state index is 0.346. The van der Waals surface area contributed by atoms with E-state index in [9.17, 15) is 21.6 Å². The zero-order valence-corrected chi connectivity index (χ0v) is 27.5. The van der Waals surface area contributed by atoms with Crippen LogP contribution in [0.3, 0.4) is 0 Å². The Hall–Kier alpha value is -4.06. The number of benzene rings is 4. The summed E-state index contributed by atoms with van der Waals surface area (Å²) in [5, 5.41) is 9.48. The van der Waals surface area contributed by atoms with Gasteiger partial charge >= 0.3 is 22.6 Å². The fourth-order valence-corrected chi connectivity index (χ4v) is 6.10. The molecular formula is C35H40BF3N2O5S. The Bertz CT molecular complexity index is 1730. The van der Waals surface area contributed by atoms with E-state index >= 15 is 0 Å². The topological polar surface area (TPSA) is 85.9 Å². The first kappa shape index (κ1) is 34.3. The Labute approximate surface area is 275 Å². The van der Waals surface area contributed by atoms with Gasteiger partial charge in [0.2, 0.25) is 0 Å². The summed E-state index contributed by atoms with van der Waals surface area (Å²) in [7, 11) is -5.79. The number of hydrogen-bond acceptors (Lipinski definition) is 7. The Kier molecular flexibility index (Phi) is 11.1. The molecule has 0 bridgehead atoms. The van der Waals surface area contributed by atoms with Gasteiger partial charge in [-0.3, -0.25) is 0 Å². The number of alkyl halides is 3. The van der Waals surface area contributed by atoms with Crippen LogP contribution in [0.2, 0.25) is 0 Å². The molecule has 2 N–H and O–H groups in total. The molecule has 250 valence electrons. The van der Waals surface area contributed by atoms with Gasteiger partial charge in [0.15, 0.2) is 0 Å². The second-order valence-corrected chi connectivity index (χ2v) is 13.2. The van der Waals surface area contributed by atoms with Crippen LogP contribution in [0.4, 0.5) is 24.5 Å². The maximum Gasteiger partial charge on any atom is 0.534 e. The third kappa shape index (κ3) is 8.27. The standard InChI is InChI=1S/C35H40BF3N2O5S/c1-3-5-7-9-21-44-32-24-29(36-40-30-15-11-13-26-14-12-16-31(41-36)34(26)30)33(45-22-10-8-6-4-2)23-28(32)25-17-19-27(20-18-25)46-47(42,43)35(37,38)39/h11-20,23-24,40-41H,3-10,21-22H2,1-2H3. The monoisotopic (exact) mass is 668 g/mol. The molecule has 0 atom stereocenters. The van der Waals surface area contributed by atoms with Crippen molar-refractivity contribution in [2.45, 2.75) is 70.7 Å². The Morgan fingerprint density at radius 2 is 1.30 bits per heavy atom. The minimum atomic E-state index is -5.79. The number of nitrogens with one attached hydrogen (secondary N) is 2. The van der Waals surface area contributed by atoms with Crippen LogP contribution in [0.5, 0.6) is 17.2 Å². The van der Waals surface area contributed by atoms with Gasteiger partial charge in [-0.1, -0.05) is 88.8 Å². The zero-order chi connectivity index (χ0) is 33.4. The number of unbranched alkanes of at least 4 members (excludes halogenated alkanes) is 6. The molecule has 0 saturated heterocycles. The minimum Gasteiger partial charge on any atom is -0.494 e. The van der Waals surface area contributed by atoms with Gasteiger partial charge in [-0.25, -0.2) is 0 Å². The average molecular weight is 669 g/mol. The van der Waals surface area contributed by atoms with Crippen LogP contribution in [-0.4, -0.2) is 34.1 Å². The molecule has 47 heavy (non-hydrogen) atoms. The van der Waals surface area contributed by atoms with E-state index < -0.39 is 21.4 Å². The third-order valence-corrected chi connectivity index (χ3v) is 9.07. The van der Waals surface area contributed by atoms with E-state index in [0.717, 1.165) is 79.0 Å². The fraction of sp³-hybridized carbons (Fsp3) is 0.371. The summed E-state index contributed by atoms with van der Waals surface area (Å²) < 4.78 is 79.0. The van der Waals surface area contributed by atoms with E-state index in [1.54, 1.807) is 0 Å². The molecule has 1 aliphatic rings. The molecule has 0 spiro atoms. The first-order valence-corrected chi connectivity index (χ1v) is 17.6. The van der Waals surface area contributed by atoms with Crippen molar-refractivity contribution < 1.29 is 35.2 Å². The molecule has 0 amide bonds. The molecule has 7 nitrogen and oxygen atoms in total. The summed E-state index contributed by atoms with van der Waals surface area (Å²) in [6.07, 6.45) is 8.18. The van der Waals surface area contributed by atoms with Crippen LogP contribution in [0, 0.1) is 0 Å². The van der Waals surface area contributed by atoms with Gasteiger partial charge in [-0.2, -0.15) is 21.6 Å². The van der Waals surface area contributed by atoms with Crippen molar-refractivity contribution in [2.24, 2.45) is 0 Å². The molecule has 0 unspecified atom stereocenters. The third-order valence-electron chi connectivity index (χ3n) is 8.09. The maximum absolute atomic E-state index is 12.9. The van der Waals surface area contributed by atoms with Gasteiger partial charge in [0, 0.05) is 27.8 Å². The molecule has 0 fully saturated rings. The second kappa shape index (κ2) is 15.2. The Balaban J connectivity index is 1.52. The quantitative estimate of drug-likeness (QED) is 0.0534. The number of rotatable bonds is 16. The van der Waals surface area contributed by atoms with Crippen molar-refractivity contribution in [3.63, 3.8) is 0 Å². The van der Waals surface area contributed by atoms with Crippen molar-refractivity contribution in [1.29, 1.82) is 0 Å². The van der Waals surface area contributed by atoms with Crippen molar-refractivity contribution in [3.8, 4) is 28.4 Å². The summed E-state index contributed by atoms with van der Waals surface area (Å²) in [6, 6.07) is 21.5. The van der Waals surface area contributed by atoms with Crippen LogP contribution < -0.4 is 29.6 Å². The largest absolute Gasteiger partial charge is 0.534 e. The summed E-state index contributed by atoms with van der Waals surface area (Å²) >= 11 is 0. The highest BCUT2D eigenvalue weighted by molar-refractivity contribution is 7.88. The first-order chi connectivity index (χ1) is 22.6. The first-order valence-electron chi connectivity index (χ1n) is 16.2. The predicted octanol–water partition coefficient (Wildman–Crippen LogP) is 8.89. The van der Waals surface area contributed by atoms with E-state index in [2.05, 4.69) is 40.6 Å². The Morgan fingerprint density at radius 1 is 0.723 bits per heavy atom. The zero-order valence-electron chi connectivity index (χ0n) is 26.7. The van der Waals surface area contributed by atoms with Gasteiger partial charge < -0.3 is 24.1 Å². The number of ether oxygens (including phenoxy) is 2. The Morgan fingerprint density at radius 3 is 1.85 bits per heavy atom. The lowest BCUT2D eigenvalue weighted by molar-refractivity contribution is -0.0500. The highest BCUT2D eigenvalue weighted by Gasteiger charge is 2.48. The van der Waals surface area contributed by atoms with Crippen LogP contribution in [0.1, 0.15) is 65.2 Å². The van der Waals surface area contributed by atoms with Gasteiger partial charge in [0.25, 0.3) is 0 Å². The lowest BCUT2D eigenvalue weighted by Gasteiger charge is -2.28. The summed E-state index contributed by atoms with van der Waals surface area (Å²) in [5.74, 6) is 0.763. The molecule has 1 aliphatic heterocycles. The smallest absolute Gasteiger partial charge is 0.494 e. The van der Waals surface area contributed by atoms with E-state index in [0.29, 0.717) is 35.8 Å². The van der Waals surface area contributed by atoms with Crippen molar-refractivity contribution in [1.82, 2.24) is 0 Å². The highest BCUT2D eigenvalue weighted by Crippen LogP contribution is 2.38. The molecule has 1 heterocycles. The molecule has 0 aliphatic carbocycles. The highest BCUT2D eigenvalue weighted by atomic mass is 32.2. The summed E-state index contributed by atoms with van der Waals surface area (Å²) in [5.41, 5.74) is -1.44. The van der Waals surface area contributed by atoms with E-state index in [-0.39, 0.29) is 6.98 Å². The fourth-order valence-electron chi connectivity index (χ4n) is 5.64. The van der Waals surface area contributed by atoms with Gasteiger partial charge in [-0.15, -0.1) is 0 Å². The molecule has 0 radical (unpaired) electrons. The van der Waals surface area contributed by atoms with E-state index in [4.69, 9.17) is 9.47 Å². The lowest BCUT2D eigenvalue weighted by Crippen LogP contribution is -2.48. The van der Waals surface area contributed by atoms with Crippen molar-refractivity contribution in [3.05, 3.63) is 72.8 Å². The predicted molar refractivity (Wildman–Crippen MR) is 183 cm³/mol. The SMILES string of the molecule is CCCCCCOc1cc(-c2ccc(OS(=O)(=O)C(F)(F)F)cc2)c(OCCCCCC)cc1B1Nc2cccc3cccc(c23)N1. The molecular weight excluding hydrogens is 628 g/mol.